The Morgan fingerprint density at radius 1 is 0.571 bits per heavy atom. The van der Waals surface area contributed by atoms with Crippen molar-refractivity contribution in [3.05, 3.63) is 18.2 Å². The number of aliphatic imine (C=N–C) groups is 1. The van der Waals surface area contributed by atoms with Crippen molar-refractivity contribution in [2.24, 2.45) is 45.9 Å². The molecule has 0 radical (unpaired) electrons. The summed E-state index contributed by atoms with van der Waals surface area (Å²) in [7, 11) is 0. The summed E-state index contributed by atoms with van der Waals surface area (Å²) in [6.07, 6.45) is 2.01. The molecule has 0 unspecified atom stereocenters. The molecule has 91 heavy (non-hydrogen) atoms. The van der Waals surface area contributed by atoms with E-state index in [4.69, 9.17) is 17.2 Å². The first-order valence-corrected chi connectivity index (χ1v) is 31.2. The number of aliphatic hydroxyl groups excluding tert-OH is 2. The number of nitrogens with one attached hydrogen (secondary N) is 12. The van der Waals surface area contributed by atoms with E-state index in [1.54, 1.807) is 20.1 Å². The lowest BCUT2D eigenvalue weighted by Crippen LogP contribution is -2.61. The van der Waals surface area contributed by atoms with Crippen molar-refractivity contribution < 1.29 is 82.8 Å². The van der Waals surface area contributed by atoms with Gasteiger partial charge in [-0.15, -0.1) is 0 Å². The van der Waals surface area contributed by atoms with E-state index in [-0.39, 0.29) is 80.9 Å². The van der Waals surface area contributed by atoms with Crippen molar-refractivity contribution in [1.82, 2.24) is 68.5 Å². The highest BCUT2D eigenvalue weighted by molar-refractivity contribution is 7.98. The number of amides is 11. The largest absolute Gasteiger partial charge is 0.481 e. The molecular formula is C56H97N17O17S. The maximum Gasteiger partial charge on any atom is 0.326 e. The Morgan fingerprint density at radius 2 is 1.02 bits per heavy atom. The van der Waals surface area contributed by atoms with E-state index >= 15 is 0 Å². The van der Waals surface area contributed by atoms with Crippen molar-refractivity contribution in [3.8, 4) is 0 Å². The van der Waals surface area contributed by atoms with Crippen LogP contribution in [0.5, 0.6) is 0 Å². The predicted octanol–water partition coefficient (Wildman–Crippen LogP) is -5.20. The molecule has 1 rings (SSSR count). The Bertz CT molecular complexity index is 2620. The highest BCUT2D eigenvalue weighted by Gasteiger charge is 2.37. The molecule has 11 amide bonds. The van der Waals surface area contributed by atoms with Crippen LogP contribution in [-0.2, 0) is 68.7 Å². The maximum absolute atomic E-state index is 14.0. The molecule has 1 heterocycles. The lowest BCUT2D eigenvalue weighted by molar-refractivity contribution is -0.143. The summed E-state index contributed by atoms with van der Waals surface area (Å²) < 4.78 is 0. The molecule has 0 aliphatic heterocycles. The second-order valence-corrected chi connectivity index (χ2v) is 24.5. The number of aliphatic hydroxyl groups is 2. The van der Waals surface area contributed by atoms with Crippen LogP contribution >= 0.6 is 11.8 Å². The zero-order chi connectivity index (χ0) is 69.4. The number of hydrogen-bond donors (Lipinski definition) is 19. The fourth-order valence-electron chi connectivity index (χ4n) is 8.62. The maximum atomic E-state index is 14.0. The van der Waals surface area contributed by atoms with Gasteiger partial charge in [-0.1, -0.05) is 55.4 Å². The summed E-state index contributed by atoms with van der Waals surface area (Å²) in [4.78, 5) is 184. The van der Waals surface area contributed by atoms with Crippen LogP contribution in [0.2, 0.25) is 0 Å². The highest BCUT2D eigenvalue weighted by Crippen LogP contribution is 2.13. The number of nitrogens with two attached hydrogens (primary N) is 3. The van der Waals surface area contributed by atoms with Gasteiger partial charge >= 0.3 is 11.9 Å². The molecule has 0 saturated heterocycles. The number of guanidine groups is 1. The molecule has 35 heteroatoms. The normalized spacial score (nSPS) is 15.2. The number of carbonyl (C=O) groups is 13. The number of carboxylic acid groups (broad SMARTS) is 2. The van der Waals surface area contributed by atoms with E-state index in [2.05, 4.69) is 73.4 Å². The van der Waals surface area contributed by atoms with Crippen LogP contribution in [0.3, 0.4) is 0 Å². The van der Waals surface area contributed by atoms with Gasteiger partial charge in [-0.05, 0) is 88.1 Å². The number of rotatable bonds is 43. The number of nitrogens with zero attached hydrogens (tertiary/aromatic N) is 2. The lowest BCUT2D eigenvalue weighted by Gasteiger charge is -2.28. The number of H-pyrrole nitrogens is 1. The number of aliphatic carboxylic acids is 2. The van der Waals surface area contributed by atoms with Crippen molar-refractivity contribution in [1.29, 1.82) is 0 Å². The first-order valence-electron chi connectivity index (χ1n) is 29.8. The second kappa shape index (κ2) is 41.3. The van der Waals surface area contributed by atoms with E-state index in [0.29, 0.717) is 5.75 Å². The Hall–Kier alpha value is -8.18. The fraction of sp³-hybridized carbons (Fsp3) is 0.696. The van der Waals surface area contributed by atoms with Crippen LogP contribution < -0.4 is 75.7 Å². The first-order chi connectivity index (χ1) is 42.5. The van der Waals surface area contributed by atoms with Gasteiger partial charge in [-0.3, -0.25) is 62.5 Å². The topological polar surface area (TPSA) is 554 Å². The Morgan fingerprint density at radius 3 is 1.47 bits per heavy atom. The number of aromatic amines is 1. The molecule has 1 aromatic heterocycles. The Labute approximate surface area is 533 Å². The number of carboxylic acids is 2. The number of hydrogen-bond acceptors (Lipinski definition) is 19. The zero-order valence-electron chi connectivity index (χ0n) is 53.5. The summed E-state index contributed by atoms with van der Waals surface area (Å²) in [5, 5.41) is 66.7. The molecule has 1 aromatic rings. The average molecular weight is 1310 g/mol. The van der Waals surface area contributed by atoms with Gasteiger partial charge in [-0.2, -0.15) is 11.8 Å². The molecule has 12 atom stereocenters. The summed E-state index contributed by atoms with van der Waals surface area (Å²) in [5.74, 6) is -14.2. The van der Waals surface area contributed by atoms with Crippen LogP contribution in [0.1, 0.15) is 120 Å². The second-order valence-electron chi connectivity index (χ2n) is 23.5. The third kappa shape index (κ3) is 31.4. The van der Waals surface area contributed by atoms with Crippen LogP contribution in [0, 0.1) is 23.7 Å². The molecule has 0 aliphatic rings. The number of imidazole rings is 1. The summed E-state index contributed by atoms with van der Waals surface area (Å²) in [6.45, 7) is 14.6. The summed E-state index contributed by atoms with van der Waals surface area (Å²) >= 11 is 1.37. The van der Waals surface area contributed by atoms with Gasteiger partial charge in [0.2, 0.25) is 65.0 Å². The molecule has 22 N–H and O–H groups in total. The van der Waals surface area contributed by atoms with Crippen LogP contribution in [0.15, 0.2) is 17.5 Å². The smallest absolute Gasteiger partial charge is 0.326 e. The van der Waals surface area contributed by atoms with Crippen molar-refractivity contribution in [2.45, 2.75) is 193 Å². The minimum Gasteiger partial charge on any atom is -0.481 e. The van der Waals surface area contributed by atoms with Gasteiger partial charge in [0.15, 0.2) is 5.96 Å². The first kappa shape index (κ1) is 80.8. The standard InChI is InChI=1S/C56H97N17O17S/c1-26(2)17-35(67-49(83)37(19-28(5)6)71-53(87)43(57)31(10)75)47(81)65-33(14-16-91-11)46(80)64-30(9)45(79)62-23-41(76)73-44(29(7)8)54(88)72-40(24-74)52(86)69-38(20-32-22-60-25-63-32)50(84)70-39(21-42(77)78)51(85)68-36(18-27(3)4)48(82)66-34(55(89)90)13-12-15-61-56(58)59/h22,25-31,33-40,43-44,74-75H,12-21,23-24,57H2,1-11H3,(H,60,63)(H,62,79)(H,64,80)(H,65,81)(H,66,82)(H,67,83)(H,68,85)(H,69,86)(H,70,84)(H,71,87)(H,72,88)(H,73,76)(H,77,78)(H,89,90)(H4,58,59,61)/t30-,31+,33-,34-,35-,36-,37-,38-,39-,40-,43-,44-/m0/s1. The summed E-state index contributed by atoms with van der Waals surface area (Å²) in [5.41, 5.74) is 16.7. The van der Waals surface area contributed by atoms with Gasteiger partial charge in [0.25, 0.3) is 0 Å². The molecule has 0 spiro atoms. The molecule has 514 valence electrons. The third-order valence-electron chi connectivity index (χ3n) is 13.5. The van der Waals surface area contributed by atoms with Gasteiger partial charge in [0.1, 0.15) is 66.5 Å². The monoisotopic (exact) mass is 1310 g/mol. The van der Waals surface area contributed by atoms with Gasteiger partial charge in [0, 0.05) is 24.9 Å². The predicted molar refractivity (Wildman–Crippen MR) is 333 cm³/mol. The molecule has 34 nitrogen and oxygen atoms in total. The highest BCUT2D eigenvalue weighted by atomic mass is 32.2. The minimum atomic E-state index is -1.90. The van der Waals surface area contributed by atoms with Crippen LogP contribution in [0.4, 0.5) is 0 Å². The quantitative estimate of drug-likeness (QED) is 0.0165. The van der Waals surface area contributed by atoms with Crippen LogP contribution in [-0.4, -0.2) is 218 Å². The van der Waals surface area contributed by atoms with Crippen molar-refractivity contribution in [3.63, 3.8) is 0 Å². The van der Waals surface area contributed by atoms with Crippen molar-refractivity contribution in [2.75, 3.05) is 31.7 Å². The Kier molecular flexibility index (Phi) is 36.6. The average Bonchev–Trinajstić information content (AvgIpc) is 3.77. The Balaban J connectivity index is 3.22. The molecule has 0 aromatic carbocycles. The van der Waals surface area contributed by atoms with E-state index in [1.807, 2.05) is 27.7 Å². The third-order valence-corrected chi connectivity index (χ3v) is 14.2. The minimum absolute atomic E-state index is 0.0528. The fourth-order valence-corrected chi connectivity index (χ4v) is 9.09. The molecular weight excluding hydrogens is 1210 g/mol. The summed E-state index contributed by atoms with van der Waals surface area (Å²) in [6, 6.07) is -15.8. The number of aromatic nitrogens is 2. The number of carbonyl (C=O) groups excluding carboxylic acids is 11. The molecule has 0 bridgehead atoms. The van der Waals surface area contributed by atoms with Crippen LogP contribution in [0.25, 0.3) is 0 Å². The lowest BCUT2D eigenvalue weighted by atomic mass is 9.99. The molecule has 0 aliphatic carbocycles. The van der Waals surface area contributed by atoms with Gasteiger partial charge < -0.3 is 101 Å². The van der Waals surface area contributed by atoms with E-state index in [0.717, 1.165) is 0 Å². The number of thioether (sulfide) groups is 1. The van der Waals surface area contributed by atoms with E-state index < -0.39 is 175 Å². The van der Waals surface area contributed by atoms with Gasteiger partial charge in [0.05, 0.1) is 32.0 Å². The van der Waals surface area contributed by atoms with Crippen molar-refractivity contribution >= 4 is 94.6 Å². The van der Waals surface area contributed by atoms with Gasteiger partial charge in [-0.25, -0.2) is 9.78 Å². The molecule has 0 saturated carbocycles. The zero-order valence-corrected chi connectivity index (χ0v) is 54.3. The van der Waals surface area contributed by atoms with E-state index in [1.165, 1.54) is 52.0 Å². The SMILES string of the molecule is CSCC[C@H](NC(=O)[C@H](CC(C)C)NC(=O)[C@H](CC(C)C)NC(=O)[C@@H](N)[C@@H](C)O)C(=O)N[C@@H](C)C(=O)NCC(=O)N[C@H](C(=O)N[C@@H](CO)C(=O)N[C@@H](Cc1cnc[nH]1)C(=O)N[C@@H](CC(=O)O)C(=O)N[C@@H](CC(C)C)C(=O)N[C@@H](CCCN=C(N)N)C(=O)O)C(C)C. The molecule has 0 fully saturated rings. The van der Waals surface area contributed by atoms with E-state index in [9.17, 15) is 82.8 Å².